The van der Waals surface area contributed by atoms with Gasteiger partial charge in [0.25, 0.3) is 0 Å². The Bertz CT molecular complexity index is 531. The van der Waals surface area contributed by atoms with Crippen molar-refractivity contribution in [1.29, 1.82) is 0 Å². The number of aromatic nitrogens is 1. The number of nitrogens with zero attached hydrogens (tertiary/aromatic N) is 1. The van der Waals surface area contributed by atoms with Gasteiger partial charge in [0.1, 0.15) is 18.2 Å². The first-order chi connectivity index (χ1) is 8.69. The quantitative estimate of drug-likeness (QED) is 0.908. The van der Waals surface area contributed by atoms with Crippen LogP contribution in [-0.4, -0.2) is 12.2 Å². The Morgan fingerprint density at radius 3 is 3.00 bits per heavy atom. The van der Waals surface area contributed by atoms with E-state index in [2.05, 4.69) is 10.5 Å². The highest BCUT2D eigenvalue weighted by Crippen LogP contribution is 2.21. The third-order valence-corrected chi connectivity index (χ3v) is 2.53. The molecule has 2 rings (SSSR count). The first kappa shape index (κ1) is 12.9. The van der Waals surface area contributed by atoms with E-state index in [0.29, 0.717) is 18.1 Å². The van der Waals surface area contributed by atoms with Gasteiger partial charge < -0.3 is 14.6 Å². The van der Waals surface area contributed by atoms with E-state index in [4.69, 9.17) is 20.9 Å². The number of benzene rings is 1. The molecule has 6 heteroatoms. The summed E-state index contributed by atoms with van der Waals surface area (Å²) in [7, 11) is 1.82. The van der Waals surface area contributed by atoms with Gasteiger partial charge in [-0.25, -0.2) is 4.39 Å². The summed E-state index contributed by atoms with van der Waals surface area (Å²) in [5, 5.41) is 6.84. The summed E-state index contributed by atoms with van der Waals surface area (Å²) in [5.41, 5.74) is 0.799. The number of nitrogens with one attached hydrogen (secondary N) is 1. The Morgan fingerprint density at radius 2 is 2.28 bits per heavy atom. The van der Waals surface area contributed by atoms with Crippen LogP contribution in [0.3, 0.4) is 0 Å². The van der Waals surface area contributed by atoms with Crippen molar-refractivity contribution >= 4 is 11.6 Å². The van der Waals surface area contributed by atoms with Crippen LogP contribution < -0.4 is 10.1 Å². The molecule has 0 aliphatic carbocycles. The van der Waals surface area contributed by atoms with Crippen molar-refractivity contribution in [2.45, 2.75) is 13.2 Å². The van der Waals surface area contributed by atoms with E-state index in [1.54, 1.807) is 6.07 Å². The molecule has 0 bridgehead atoms. The molecule has 2 aromatic rings. The monoisotopic (exact) mass is 270 g/mol. The third kappa shape index (κ3) is 3.21. The van der Waals surface area contributed by atoms with Crippen LogP contribution in [0.5, 0.6) is 5.75 Å². The molecule has 1 aromatic carbocycles. The maximum absolute atomic E-state index is 12.9. The average Bonchev–Trinajstić information content (AvgIpc) is 2.79. The summed E-state index contributed by atoms with van der Waals surface area (Å²) in [4.78, 5) is 0. The number of ether oxygens (including phenoxy) is 1. The van der Waals surface area contributed by atoms with E-state index in [9.17, 15) is 4.39 Å². The number of halogens is 2. The van der Waals surface area contributed by atoms with E-state index in [1.165, 1.54) is 18.2 Å². The molecule has 0 amide bonds. The van der Waals surface area contributed by atoms with Crippen molar-refractivity contribution in [1.82, 2.24) is 10.5 Å². The molecule has 0 radical (unpaired) electrons. The molecule has 0 aliphatic heterocycles. The van der Waals surface area contributed by atoms with Crippen LogP contribution in [0.25, 0.3) is 0 Å². The minimum Gasteiger partial charge on any atom is -0.485 e. The molecule has 0 fully saturated rings. The zero-order valence-electron chi connectivity index (χ0n) is 9.74. The van der Waals surface area contributed by atoms with Crippen molar-refractivity contribution < 1.29 is 13.7 Å². The van der Waals surface area contributed by atoms with Crippen molar-refractivity contribution in [3.05, 3.63) is 46.6 Å². The van der Waals surface area contributed by atoms with Crippen LogP contribution in [0.15, 0.2) is 28.8 Å². The molecule has 4 nitrogen and oxygen atoms in total. The van der Waals surface area contributed by atoms with Gasteiger partial charge in [-0.15, -0.1) is 0 Å². The summed E-state index contributed by atoms with van der Waals surface area (Å²) >= 11 is 5.64. The fourth-order valence-corrected chi connectivity index (χ4v) is 1.58. The second-order valence-corrected chi connectivity index (χ2v) is 4.09. The molecule has 96 valence electrons. The van der Waals surface area contributed by atoms with Crippen LogP contribution in [0, 0.1) is 5.82 Å². The number of hydrogen-bond acceptors (Lipinski definition) is 4. The van der Waals surface area contributed by atoms with Gasteiger partial charge in [0, 0.05) is 18.7 Å². The Balaban J connectivity index is 1.95. The largest absolute Gasteiger partial charge is 0.485 e. The van der Waals surface area contributed by atoms with Gasteiger partial charge in [-0.05, 0) is 19.2 Å². The molecule has 0 saturated carbocycles. The molecule has 0 spiro atoms. The smallest absolute Gasteiger partial charge is 0.174 e. The van der Waals surface area contributed by atoms with Crippen molar-refractivity contribution in [3.63, 3.8) is 0 Å². The molecule has 18 heavy (non-hydrogen) atoms. The summed E-state index contributed by atoms with van der Waals surface area (Å²) in [6.45, 7) is 0.852. The minimum atomic E-state index is -0.472. The first-order valence-electron chi connectivity index (χ1n) is 5.36. The van der Waals surface area contributed by atoms with Crippen LogP contribution >= 0.6 is 11.6 Å². The summed E-state index contributed by atoms with van der Waals surface area (Å²) in [6.07, 6.45) is 0. The average molecular weight is 271 g/mol. The zero-order valence-corrected chi connectivity index (χ0v) is 10.5. The third-order valence-electron chi connectivity index (χ3n) is 2.24. The second-order valence-electron chi connectivity index (χ2n) is 3.68. The van der Waals surface area contributed by atoms with Gasteiger partial charge in [0.05, 0.1) is 10.7 Å². The zero-order chi connectivity index (χ0) is 13.0. The molecule has 0 atom stereocenters. The SMILES string of the molecule is CNCc1cc(COc2ccc(F)c(Cl)c2)on1. The molecular weight excluding hydrogens is 259 g/mol. The molecule has 0 saturated heterocycles. The number of hydrogen-bond donors (Lipinski definition) is 1. The topological polar surface area (TPSA) is 47.3 Å². The summed E-state index contributed by atoms with van der Waals surface area (Å²) < 4.78 is 23.4. The van der Waals surface area contributed by atoms with Crippen LogP contribution in [0.1, 0.15) is 11.5 Å². The molecule has 1 heterocycles. The Hall–Kier alpha value is -1.59. The lowest BCUT2D eigenvalue weighted by molar-refractivity contribution is 0.248. The predicted molar refractivity (Wildman–Crippen MR) is 65.0 cm³/mol. The Labute approximate surface area is 109 Å². The lowest BCUT2D eigenvalue weighted by Gasteiger charge is -2.04. The molecule has 0 aliphatic rings. The maximum atomic E-state index is 12.9. The lowest BCUT2D eigenvalue weighted by atomic mass is 10.3. The standard InChI is InChI=1S/C12H12ClFN2O2/c1-15-6-8-4-10(18-16-8)7-17-9-2-3-12(14)11(13)5-9/h2-5,15H,6-7H2,1H3. The normalized spacial score (nSPS) is 10.6. The molecule has 1 N–H and O–H groups in total. The fraction of sp³-hybridized carbons (Fsp3) is 0.250. The van der Waals surface area contributed by atoms with E-state index in [0.717, 1.165) is 5.69 Å². The summed E-state index contributed by atoms with van der Waals surface area (Å²) in [6, 6.07) is 5.97. The van der Waals surface area contributed by atoms with Crippen molar-refractivity contribution in [2.75, 3.05) is 7.05 Å². The highest BCUT2D eigenvalue weighted by Gasteiger charge is 2.06. The lowest BCUT2D eigenvalue weighted by Crippen LogP contribution is -2.04. The second kappa shape index (κ2) is 5.84. The number of rotatable bonds is 5. The Kier molecular flexibility index (Phi) is 4.17. The van der Waals surface area contributed by atoms with Gasteiger partial charge in [-0.3, -0.25) is 0 Å². The highest BCUT2D eigenvalue weighted by molar-refractivity contribution is 6.30. The first-order valence-corrected chi connectivity index (χ1v) is 5.74. The van der Waals surface area contributed by atoms with E-state index in [1.807, 2.05) is 7.05 Å². The predicted octanol–water partition coefficient (Wildman–Crippen LogP) is 2.77. The van der Waals surface area contributed by atoms with Gasteiger partial charge in [-0.1, -0.05) is 16.8 Å². The maximum Gasteiger partial charge on any atom is 0.174 e. The van der Waals surface area contributed by atoms with Crippen molar-refractivity contribution in [3.8, 4) is 5.75 Å². The van der Waals surface area contributed by atoms with Crippen molar-refractivity contribution in [2.24, 2.45) is 0 Å². The van der Waals surface area contributed by atoms with Gasteiger partial charge >= 0.3 is 0 Å². The van der Waals surface area contributed by atoms with E-state index >= 15 is 0 Å². The molecular formula is C12H12ClFN2O2. The fourth-order valence-electron chi connectivity index (χ4n) is 1.41. The van der Waals surface area contributed by atoms with Gasteiger partial charge in [0.15, 0.2) is 5.76 Å². The highest BCUT2D eigenvalue weighted by atomic mass is 35.5. The van der Waals surface area contributed by atoms with Gasteiger partial charge in [0.2, 0.25) is 0 Å². The van der Waals surface area contributed by atoms with Gasteiger partial charge in [-0.2, -0.15) is 0 Å². The van der Waals surface area contributed by atoms with Crippen LogP contribution in [0.4, 0.5) is 4.39 Å². The van der Waals surface area contributed by atoms with E-state index < -0.39 is 5.82 Å². The minimum absolute atomic E-state index is 0.0286. The molecule has 1 aromatic heterocycles. The van der Waals surface area contributed by atoms with Crippen LogP contribution in [0.2, 0.25) is 5.02 Å². The summed E-state index contributed by atoms with van der Waals surface area (Å²) in [5.74, 6) is 0.605. The van der Waals surface area contributed by atoms with Crippen LogP contribution in [-0.2, 0) is 13.2 Å². The Morgan fingerprint density at radius 1 is 1.44 bits per heavy atom. The molecule has 0 unspecified atom stereocenters. The van der Waals surface area contributed by atoms with E-state index in [-0.39, 0.29) is 11.6 Å².